The third-order valence-corrected chi connectivity index (χ3v) is 2.87. The highest BCUT2D eigenvalue weighted by molar-refractivity contribution is 5.57. The van der Waals surface area contributed by atoms with E-state index in [0.29, 0.717) is 0 Å². The molecule has 0 aromatic carbocycles. The first-order chi connectivity index (χ1) is 9.22. The van der Waals surface area contributed by atoms with Crippen molar-refractivity contribution in [3.8, 4) is 0 Å². The second-order valence-electron chi connectivity index (χ2n) is 4.52. The number of rotatable bonds is 9. The van der Waals surface area contributed by atoms with E-state index < -0.39 is 0 Å². The molecule has 0 aliphatic heterocycles. The fourth-order valence-corrected chi connectivity index (χ4v) is 1.73. The first kappa shape index (κ1) is 15.7. The number of aryl methyl sites for hydroxylation is 1. The normalized spacial score (nSPS) is 10.5. The van der Waals surface area contributed by atoms with E-state index in [2.05, 4.69) is 41.4 Å². The van der Waals surface area contributed by atoms with Crippen LogP contribution in [0.1, 0.15) is 38.1 Å². The lowest BCUT2D eigenvalue weighted by molar-refractivity contribution is 0.197. The van der Waals surface area contributed by atoms with Crippen LogP contribution in [0.15, 0.2) is 0 Å². The number of nitrogens with one attached hydrogen (secondary N) is 2. The van der Waals surface area contributed by atoms with Gasteiger partial charge >= 0.3 is 0 Å². The van der Waals surface area contributed by atoms with E-state index in [1.165, 1.54) is 0 Å². The van der Waals surface area contributed by atoms with Crippen molar-refractivity contribution in [2.75, 3.05) is 37.4 Å². The van der Waals surface area contributed by atoms with E-state index in [0.717, 1.165) is 62.0 Å². The summed E-state index contributed by atoms with van der Waals surface area (Å²) in [6, 6.07) is 0. The van der Waals surface area contributed by atoms with Crippen molar-refractivity contribution < 1.29 is 4.74 Å². The van der Waals surface area contributed by atoms with Crippen LogP contribution in [0.3, 0.4) is 0 Å². The number of hydrogen-bond acceptors (Lipinski definition) is 5. The molecular formula is C14H26N4O. The Morgan fingerprint density at radius 1 is 1.05 bits per heavy atom. The Hall–Kier alpha value is -1.36. The summed E-state index contributed by atoms with van der Waals surface area (Å²) in [7, 11) is 1.72. The quantitative estimate of drug-likeness (QED) is 0.673. The van der Waals surface area contributed by atoms with Crippen LogP contribution in [0, 0.1) is 6.92 Å². The van der Waals surface area contributed by atoms with E-state index in [1.54, 1.807) is 7.11 Å². The summed E-state index contributed by atoms with van der Waals surface area (Å²) < 4.78 is 5.05. The molecule has 0 saturated heterocycles. The third-order valence-electron chi connectivity index (χ3n) is 2.87. The second kappa shape index (κ2) is 8.69. The first-order valence-electron chi connectivity index (χ1n) is 7.07. The van der Waals surface area contributed by atoms with Crippen molar-refractivity contribution in [3.63, 3.8) is 0 Å². The maximum atomic E-state index is 5.05. The second-order valence-corrected chi connectivity index (χ2v) is 4.52. The predicted octanol–water partition coefficient (Wildman–Crippen LogP) is 2.62. The van der Waals surface area contributed by atoms with Gasteiger partial charge in [0.05, 0.1) is 0 Å². The van der Waals surface area contributed by atoms with Gasteiger partial charge in [0.15, 0.2) is 0 Å². The molecule has 1 aromatic rings. The molecule has 1 heterocycles. The lowest BCUT2D eigenvalue weighted by Gasteiger charge is -2.14. The summed E-state index contributed by atoms with van der Waals surface area (Å²) in [4.78, 5) is 9.10. The molecule has 108 valence electrons. The number of nitrogens with zero attached hydrogens (tertiary/aromatic N) is 2. The molecule has 5 heteroatoms. The van der Waals surface area contributed by atoms with Crippen molar-refractivity contribution in [2.45, 2.75) is 40.0 Å². The maximum absolute atomic E-state index is 5.05. The van der Waals surface area contributed by atoms with Gasteiger partial charge < -0.3 is 15.4 Å². The van der Waals surface area contributed by atoms with Crippen molar-refractivity contribution in [3.05, 3.63) is 11.4 Å². The summed E-state index contributed by atoms with van der Waals surface area (Å²) in [5, 5.41) is 6.73. The average Bonchev–Trinajstić information content (AvgIpc) is 2.43. The highest BCUT2D eigenvalue weighted by atomic mass is 16.5. The van der Waals surface area contributed by atoms with Crippen LogP contribution >= 0.6 is 0 Å². The monoisotopic (exact) mass is 266 g/mol. The van der Waals surface area contributed by atoms with E-state index >= 15 is 0 Å². The largest absolute Gasteiger partial charge is 0.385 e. The molecule has 0 fully saturated rings. The average molecular weight is 266 g/mol. The number of aromatic nitrogens is 2. The van der Waals surface area contributed by atoms with Gasteiger partial charge in [0.1, 0.15) is 17.5 Å². The molecule has 19 heavy (non-hydrogen) atoms. The molecule has 0 saturated carbocycles. The van der Waals surface area contributed by atoms with E-state index in [-0.39, 0.29) is 0 Å². The number of anilines is 2. The van der Waals surface area contributed by atoms with E-state index in [4.69, 9.17) is 4.74 Å². The smallest absolute Gasteiger partial charge is 0.134 e. The molecule has 5 nitrogen and oxygen atoms in total. The highest BCUT2D eigenvalue weighted by Crippen LogP contribution is 2.20. The van der Waals surface area contributed by atoms with Crippen molar-refractivity contribution in [1.82, 2.24) is 9.97 Å². The lowest BCUT2D eigenvalue weighted by atomic mass is 10.2. The molecule has 1 rings (SSSR count). The molecular weight excluding hydrogens is 240 g/mol. The molecule has 0 unspecified atom stereocenters. The van der Waals surface area contributed by atoms with Crippen molar-refractivity contribution in [2.24, 2.45) is 0 Å². The van der Waals surface area contributed by atoms with Crippen LogP contribution < -0.4 is 10.6 Å². The summed E-state index contributed by atoms with van der Waals surface area (Å²) in [5.74, 6) is 2.75. The zero-order chi connectivity index (χ0) is 14.1. The van der Waals surface area contributed by atoms with Gasteiger partial charge in [-0.05, 0) is 19.8 Å². The topological polar surface area (TPSA) is 59.1 Å². The van der Waals surface area contributed by atoms with Gasteiger partial charge in [0, 0.05) is 38.8 Å². The van der Waals surface area contributed by atoms with E-state index in [1.807, 2.05) is 0 Å². The summed E-state index contributed by atoms with van der Waals surface area (Å²) in [6.07, 6.45) is 2.90. The summed E-state index contributed by atoms with van der Waals surface area (Å²) in [6.45, 7) is 8.83. The maximum Gasteiger partial charge on any atom is 0.134 e. The Morgan fingerprint density at radius 2 is 1.68 bits per heavy atom. The van der Waals surface area contributed by atoms with Crippen molar-refractivity contribution in [1.29, 1.82) is 0 Å². The molecule has 0 amide bonds. The minimum Gasteiger partial charge on any atom is -0.385 e. The van der Waals surface area contributed by atoms with Crippen LogP contribution in [-0.2, 0) is 11.2 Å². The molecule has 0 radical (unpaired) electrons. The molecule has 2 N–H and O–H groups in total. The first-order valence-corrected chi connectivity index (χ1v) is 7.07. The van der Waals surface area contributed by atoms with Gasteiger partial charge in [0.2, 0.25) is 0 Å². The molecule has 0 spiro atoms. The summed E-state index contributed by atoms with van der Waals surface area (Å²) >= 11 is 0. The van der Waals surface area contributed by atoms with Crippen LogP contribution in [0.2, 0.25) is 0 Å². The zero-order valence-corrected chi connectivity index (χ0v) is 12.5. The molecule has 0 aliphatic carbocycles. The van der Waals surface area contributed by atoms with Crippen LogP contribution in [-0.4, -0.2) is 36.8 Å². The zero-order valence-electron chi connectivity index (χ0n) is 12.5. The Bertz CT molecular complexity index is 382. The Morgan fingerprint density at radius 3 is 2.21 bits per heavy atom. The fourth-order valence-electron chi connectivity index (χ4n) is 1.73. The molecule has 0 atom stereocenters. The molecule has 0 aliphatic rings. The SMILES string of the molecule is CCCNc1nc(CC)nc(NCCCOC)c1C. The fraction of sp³-hybridized carbons (Fsp3) is 0.714. The van der Waals surface area contributed by atoms with E-state index in [9.17, 15) is 0 Å². The molecule has 0 bridgehead atoms. The van der Waals surface area contributed by atoms with Gasteiger partial charge in [0.25, 0.3) is 0 Å². The molecule has 1 aromatic heterocycles. The van der Waals surface area contributed by atoms with Gasteiger partial charge in [-0.15, -0.1) is 0 Å². The van der Waals surface area contributed by atoms with Crippen LogP contribution in [0.25, 0.3) is 0 Å². The van der Waals surface area contributed by atoms with Gasteiger partial charge in [-0.3, -0.25) is 0 Å². The standard InChI is InChI=1S/C14H26N4O/c1-5-8-15-13-11(3)14(16-9-7-10-19-4)18-12(6-2)17-13/h5-10H2,1-4H3,(H2,15,16,17,18). The number of ether oxygens (including phenoxy) is 1. The summed E-state index contributed by atoms with van der Waals surface area (Å²) in [5.41, 5.74) is 1.09. The minimum absolute atomic E-state index is 0.763. The predicted molar refractivity (Wildman–Crippen MR) is 79.9 cm³/mol. The Kier molecular flexibility index (Phi) is 7.18. The van der Waals surface area contributed by atoms with Gasteiger partial charge in [-0.2, -0.15) is 0 Å². The highest BCUT2D eigenvalue weighted by Gasteiger charge is 2.09. The van der Waals surface area contributed by atoms with Crippen LogP contribution in [0.4, 0.5) is 11.6 Å². The minimum atomic E-state index is 0.763. The van der Waals surface area contributed by atoms with Gasteiger partial charge in [-0.25, -0.2) is 9.97 Å². The Balaban J connectivity index is 2.76. The third kappa shape index (κ3) is 5.03. The number of methoxy groups -OCH3 is 1. The van der Waals surface area contributed by atoms with Crippen molar-refractivity contribution >= 4 is 11.6 Å². The van der Waals surface area contributed by atoms with Crippen LogP contribution in [0.5, 0.6) is 0 Å². The van der Waals surface area contributed by atoms with Gasteiger partial charge in [-0.1, -0.05) is 13.8 Å². The lowest BCUT2D eigenvalue weighted by Crippen LogP contribution is -2.13. The number of hydrogen-bond donors (Lipinski definition) is 2. The Labute approximate surface area is 116 Å².